The van der Waals surface area contributed by atoms with Crippen molar-refractivity contribution in [1.82, 2.24) is 4.98 Å². The highest BCUT2D eigenvalue weighted by atomic mass is 16.6. The smallest absolute Gasteiger partial charge is 0.287 e. The Labute approximate surface area is 106 Å². The van der Waals surface area contributed by atoms with Gasteiger partial charge in [0.2, 0.25) is 0 Å². The van der Waals surface area contributed by atoms with Crippen molar-refractivity contribution in [2.45, 2.75) is 19.8 Å². The minimum atomic E-state index is -0.412. The zero-order valence-electron chi connectivity index (χ0n) is 10.5. The van der Waals surface area contributed by atoms with Crippen LogP contribution in [0.1, 0.15) is 18.4 Å². The molecule has 2 N–H and O–H groups in total. The third-order valence-corrected chi connectivity index (χ3v) is 3.49. The number of aromatic nitrogens is 1. The van der Waals surface area contributed by atoms with Gasteiger partial charge in [-0.05, 0) is 37.8 Å². The van der Waals surface area contributed by atoms with Crippen LogP contribution in [0.25, 0.3) is 0 Å². The van der Waals surface area contributed by atoms with Gasteiger partial charge in [0.05, 0.1) is 4.92 Å². The lowest BCUT2D eigenvalue weighted by atomic mass is 9.97. The number of anilines is 1. The minimum Gasteiger partial charge on any atom is -0.356 e. The van der Waals surface area contributed by atoms with E-state index in [0.29, 0.717) is 5.92 Å². The summed E-state index contributed by atoms with van der Waals surface area (Å²) in [6.07, 6.45) is 3.46. The van der Waals surface area contributed by atoms with E-state index in [0.717, 1.165) is 43.9 Å². The van der Waals surface area contributed by atoms with E-state index in [1.807, 2.05) is 6.92 Å². The molecule has 1 aliphatic rings. The number of hydrogen-bond donors (Lipinski definition) is 1. The van der Waals surface area contributed by atoms with Gasteiger partial charge in [-0.15, -0.1) is 0 Å². The summed E-state index contributed by atoms with van der Waals surface area (Å²) in [6.45, 7) is 4.45. The number of piperidine rings is 1. The van der Waals surface area contributed by atoms with Gasteiger partial charge in [-0.3, -0.25) is 10.1 Å². The highest BCUT2D eigenvalue weighted by Crippen LogP contribution is 2.25. The molecule has 6 nitrogen and oxygen atoms in total. The van der Waals surface area contributed by atoms with E-state index in [-0.39, 0.29) is 5.69 Å². The van der Waals surface area contributed by atoms with Crippen LogP contribution in [-0.2, 0) is 0 Å². The monoisotopic (exact) mass is 250 g/mol. The van der Waals surface area contributed by atoms with E-state index >= 15 is 0 Å². The van der Waals surface area contributed by atoms with E-state index in [2.05, 4.69) is 9.88 Å². The Morgan fingerprint density at radius 1 is 1.56 bits per heavy atom. The lowest BCUT2D eigenvalue weighted by Gasteiger charge is -2.32. The summed E-state index contributed by atoms with van der Waals surface area (Å²) < 4.78 is 0. The van der Waals surface area contributed by atoms with E-state index in [1.165, 1.54) is 6.20 Å². The fraction of sp³-hybridized carbons (Fsp3) is 0.583. The third kappa shape index (κ3) is 2.59. The van der Waals surface area contributed by atoms with Crippen molar-refractivity contribution in [1.29, 1.82) is 0 Å². The van der Waals surface area contributed by atoms with E-state index in [9.17, 15) is 10.1 Å². The maximum Gasteiger partial charge on any atom is 0.287 e. The predicted octanol–water partition coefficient (Wildman–Crippen LogP) is 1.47. The molecule has 0 saturated carbocycles. The van der Waals surface area contributed by atoms with Gasteiger partial charge in [-0.25, -0.2) is 4.98 Å². The Hall–Kier alpha value is -1.69. The van der Waals surface area contributed by atoms with Crippen molar-refractivity contribution >= 4 is 11.5 Å². The van der Waals surface area contributed by atoms with Gasteiger partial charge in [0, 0.05) is 19.2 Å². The molecule has 98 valence electrons. The molecule has 0 spiro atoms. The SMILES string of the molecule is Cc1cc([N+](=O)[O-])cnc1N1CCC(CN)CC1. The second-order valence-electron chi connectivity index (χ2n) is 4.76. The summed E-state index contributed by atoms with van der Waals surface area (Å²) in [5, 5.41) is 10.7. The number of nitrogens with zero attached hydrogens (tertiary/aromatic N) is 3. The minimum absolute atomic E-state index is 0.0492. The van der Waals surface area contributed by atoms with Crippen LogP contribution in [0.15, 0.2) is 12.3 Å². The molecule has 6 heteroatoms. The average molecular weight is 250 g/mol. The number of aryl methyl sites for hydroxylation is 1. The number of nitro groups is 1. The topological polar surface area (TPSA) is 85.3 Å². The Kier molecular flexibility index (Phi) is 3.76. The number of hydrogen-bond acceptors (Lipinski definition) is 5. The Balaban J connectivity index is 2.12. The molecule has 0 unspecified atom stereocenters. The Morgan fingerprint density at radius 2 is 2.22 bits per heavy atom. The van der Waals surface area contributed by atoms with Crippen LogP contribution < -0.4 is 10.6 Å². The molecule has 0 bridgehead atoms. The first-order valence-electron chi connectivity index (χ1n) is 6.18. The predicted molar refractivity (Wildman–Crippen MR) is 69.6 cm³/mol. The van der Waals surface area contributed by atoms with Crippen LogP contribution in [0.3, 0.4) is 0 Å². The summed E-state index contributed by atoms with van der Waals surface area (Å²) in [6, 6.07) is 1.58. The van der Waals surface area contributed by atoms with Gasteiger partial charge in [-0.2, -0.15) is 0 Å². The zero-order chi connectivity index (χ0) is 13.1. The van der Waals surface area contributed by atoms with Crippen molar-refractivity contribution < 1.29 is 4.92 Å². The van der Waals surface area contributed by atoms with Gasteiger partial charge in [-0.1, -0.05) is 0 Å². The lowest BCUT2D eigenvalue weighted by molar-refractivity contribution is -0.385. The summed E-state index contributed by atoms with van der Waals surface area (Å²) in [7, 11) is 0. The average Bonchev–Trinajstić information content (AvgIpc) is 2.38. The fourth-order valence-electron chi connectivity index (χ4n) is 2.36. The zero-order valence-corrected chi connectivity index (χ0v) is 10.5. The van der Waals surface area contributed by atoms with Crippen LogP contribution in [-0.4, -0.2) is 29.5 Å². The summed E-state index contributed by atoms with van der Waals surface area (Å²) >= 11 is 0. The number of pyridine rings is 1. The van der Waals surface area contributed by atoms with Gasteiger partial charge >= 0.3 is 0 Å². The van der Waals surface area contributed by atoms with Gasteiger partial charge in [0.1, 0.15) is 12.0 Å². The van der Waals surface area contributed by atoms with Crippen molar-refractivity contribution in [3.63, 3.8) is 0 Å². The molecule has 0 aliphatic carbocycles. The van der Waals surface area contributed by atoms with E-state index < -0.39 is 4.92 Å². The quantitative estimate of drug-likeness (QED) is 0.648. The molecule has 0 radical (unpaired) electrons. The first kappa shape index (κ1) is 12.8. The second-order valence-corrected chi connectivity index (χ2v) is 4.76. The first-order valence-corrected chi connectivity index (χ1v) is 6.18. The molecular formula is C12H18N4O2. The third-order valence-electron chi connectivity index (χ3n) is 3.49. The van der Waals surface area contributed by atoms with Crippen molar-refractivity contribution in [2.24, 2.45) is 11.7 Å². The van der Waals surface area contributed by atoms with Crippen LogP contribution >= 0.6 is 0 Å². The van der Waals surface area contributed by atoms with Crippen LogP contribution in [0, 0.1) is 23.0 Å². The summed E-state index contributed by atoms with van der Waals surface area (Å²) in [4.78, 5) is 16.7. The summed E-state index contributed by atoms with van der Waals surface area (Å²) in [5.41, 5.74) is 6.57. The molecule has 2 heterocycles. The van der Waals surface area contributed by atoms with E-state index in [1.54, 1.807) is 6.07 Å². The molecule has 1 aliphatic heterocycles. The summed E-state index contributed by atoms with van der Waals surface area (Å²) in [5.74, 6) is 1.45. The molecule has 0 aromatic carbocycles. The van der Waals surface area contributed by atoms with E-state index in [4.69, 9.17) is 5.73 Å². The van der Waals surface area contributed by atoms with Crippen molar-refractivity contribution in [2.75, 3.05) is 24.5 Å². The van der Waals surface area contributed by atoms with Gasteiger partial charge < -0.3 is 10.6 Å². The maximum absolute atomic E-state index is 10.7. The lowest BCUT2D eigenvalue weighted by Crippen LogP contribution is -2.36. The van der Waals surface area contributed by atoms with Crippen molar-refractivity contribution in [3.8, 4) is 0 Å². The van der Waals surface area contributed by atoms with Crippen LogP contribution in [0.4, 0.5) is 11.5 Å². The molecule has 0 amide bonds. The van der Waals surface area contributed by atoms with Crippen LogP contribution in [0.5, 0.6) is 0 Å². The number of nitrogens with two attached hydrogens (primary N) is 1. The van der Waals surface area contributed by atoms with Gasteiger partial charge in [0.15, 0.2) is 0 Å². The van der Waals surface area contributed by atoms with Crippen LogP contribution in [0.2, 0.25) is 0 Å². The Bertz CT molecular complexity index is 442. The largest absolute Gasteiger partial charge is 0.356 e. The number of rotatable bonds is 3. The molecule has 18 heavy (non-hydrogen) atoms. The molecule has 2 rings (SSSR count). The molecule has 0 atom stereocenters. The molecular weight excluding hydrogens is 232 g/mol. The highest BCUT2D eigenvalue weighted by molar-refractivity contribution is 5.50. The normalized spacial score (nSPS) is 16.9. The maximum atomic E-state index is 10.7. The van der Waals surface area contributed by atoms with Gasteiger partial charge in [0.25, 0.3) is 5.69 Å². The second kappa shape index (κ2) is 5.30. The molecule has 1 fully saturated rings. The Morgan fingerprint density at radius 3 is 2.72 bits per heavy atom. The highest BCUT2D eigenvalue weighted by Gasteiger charge is 2.21. The standard InChI is InChI=1S/C12H18N4O2/c1-9-6-11(16(17)18)8-14-12(9)15-4-2-10(7-13)3-5-15/h6,8,10H,2-5,7,13H2,1H3. The molecule has 1 aromatic heterocycles. The fourth-order valence-corrected chi connectivity index (χ4v) is 2.36. The first-order chi connectivity index (χ1) is 8.61. The molecule has 1 saturated heterocycles. The van der Waals surface area contributed by atoms with Crippen molar-refractivity contribution in [3.05, 3.63) is 27.9 Å². The molecule has 1 aromatic rings.